The summed E-state index contributed by atoms with van der Waals surface area (Å²) in [5.41, 5.74) is 6.07. The minimum absolute atomic E-state index is 0.0973. The fourth-order valence-electron chi connectivity index (χ4n) is 2.22. The van der Waals surface area contributed by atoms with Crippen LogP contribution in [0.1, 0.15) is 34.4 Å². The summed E-state index contributed by atoms with van der Waals surface area (Å²) in [7, 11) is 1.90. The summed E-state index contributed by atoms with van der Waals surface area (Å²) in [5.74, 6) is 7.50. The van der Waals surface area contributed by atoms with E-state index in [1.165, 1.54) is 0 Å². The van der Waals surface area contributed by atoms with Crippen molar-refractivity contribution in [1.29, 1.82) is 0 Å². The number of rotatable bonds is 3. The second-order valence-corrected chi connectivity index (χ2v) is 4.23. The molecule has 0 radical (unpaired) electrons. The fraction of sp³-hybridized carbons (Fsp3) is 0.417. The van der Waals surface area contributed by atoms with Gasteiger partial charge in [0.1, 0.15) is 11.5 Å². The molecule has 0 saturated heterocycles. The number of hydrogen-bond acceptors (Lipinski definition) is 4. The van der Waals surface area contributed by atoms with Crippen molar-refractivity contribution in [3.63, 3.8) is 0 Å². The highest BCUT2D eigenvalue weighted by Gasteiger charge is 2.23. The molecule has 5 nitrogen and oxygen atoms in total. The molecular formula is C12H18N4O. The summed E-state index contributed by atoms with van der Waals surface area (Å²) in [4.78, 5) is 0. The smallest absolute Gasteiger partial charge is 0.106 e. The van der Waals surface area contributed by atoms with Crippen LogP contribution in [0.5, 0.6) is 0 Å². The van der Waals surface area contributed by atoms with Gasteiger partial charge >= 0.3 is 0 Å². The Morgan fingerprint density at radius 3 is 2.47 bits per heavy atom. The first-order chi connectivity index (χ1) is 8.06. The summed E-state index contributed by atoms with van der Waals surface area (Å²) >= 11 is 0. The van der Waals surface area contributed by atoms with Gasteiger partial charge in [-0.15, -0.1) is 0 Å². The Labute approximate surface area is 101 Å². The van der Waals surface area contributed by atoms with Gasteiger partial charge in [-0.05, 0) is 32.4 Å². The Bertz CT molecular complexity index is 527. The third kappa shape index (κ3) is 1.87. The van der Waals surface area contributed by atoms with Gasteiger partial charge in [-0.3, -0.25) is 10.5 Å². The van der Waals surface area contributed by atoms with Gasteiger partial charge in [0, 0.05) is 18.8 Å². The number of furan rings is 1. The lowest BCUT2D eigenvalue weighted by Crippen LogP contribution is -2.31. The second kappa shape index (κ2) is 4.35. The van der Waals surface area contributed by atoms with Crippen molar-refractivity contribution in [3.05, 3.63) is 40.6 Å². The number of hydrogen-bond donors (Lipinski definition) is 2. The standard InChI is InChI=1S/C12H18N4O/c1-7-8(2)17-9(3)11(7)12(15-13)10-5-6-14-16(10)4/h5-6,12,15H,13H2,1-4H3. The molecule has 2 aromatic heterocycles. The van der Waals surface area contributed by atoms with E-state index in [9.17, 15) is 0 Å². The van der Waals surface area contributed by atoms with Crippen LogP contribution in [-0.2, 0) is 7.05 Å². The first kappa shape index (κ1) is 11.9. The van der Waals surface area contributed by atoms with Crippen molar-refractivity contribution in [1.82, 2.24) is 15.2 Å². The predicted molar refractivity (Wildman–Crippen MR) is 65.3 cm³/mol. The highest BCUT2D eigenvalue weighted by molar-refractivity contribution is 5.38. The lowest BCUT2D eigenvalue weighted by molar-refractivity contribution is 0.490. The molecule has 2 heterocycles. The van der Waals surface area contributed by atoms with Gasteiger partial charge in [-0.1, -0.05) is 0 Å². The molecule has 0 aliphatic rings. The van der Waals surface area contributed by atoms with Crippen LogP contribution in [0.4, 0.5) is 0 Å². The third-order valence-electron chi connectivity index (χ3n) is 3.23. The zero-order chi connectivity index (χ0) is 12.6. The Balaban J connectivity index is 2.53. The monoisotopic (exact) mass is 234 g/mol. The first-order valence-electron chi connectivity index (χ1n) is 5.56. The van der Waals surface area contributed by atoms with Crippen LogP contribution in [0.3, 0.4) is 0 Å². The van der Waals surface area contributed by atoms with Crippen LogP contribution >= 0.6 is 0 Å². The van der Waals surface area contributed by atoms with E-state index in [1.807, 2.05) is 38.6 Å². The van der Waals surface area contributed by atoms with Crippen molar-refractivity contribution in [2.45, 2.75) is 26.8 Å². The topological polar surface area (TPSA) is 69.0 Å². The van der Waals surface area contributed by atoms with Gasteiger partial charge in [0.2, 0.25) is 0 Å². The Hall–Kier alpha value is -1.59. The molecule has 3 N–H and O–H groups in total. The van der Waals surface area contributed by atoms with Crippen LogP contribution in [0, 0.1) is 20.8 Å². The number of nitrogens with zero attached hydrogens (tertiary/aromatic N) is 2. The summed E-state index contributed by atoms with van der Waals surface area (Å²) < 4.78 is 7.45. The largest absolute Gasteiger partial charge is 0.466 e. The second-order valence-electron chi connectivity index (χ2n) is 4.23. The van der Waals surface area contributed by atoms with E-state index < -0.39 is 0 Å². The van der Waals surface area contributed by atoms with Gasteiger partial charge < -0.3 is 4.42 Å². The fourth-order valence-corrected chi connectivity index (χ4v) is 2.22. The van der Waals surface area contributed by atoms with Crippen LogP contribution in [0.2, 0.25) is 0 Å². The zero-order valence-corrected chi connectivity index (χ0v) is 10.6. The molecule has 0 fully saturated rings. The van der Waals surface area contributed by atoms with Crippen molar-refractivity contribution in [2.75, 3.05) is 0 Å². The van der Waals surface area contributed by atoms with Crippen molar-refractivity contribution < 1.29 is 4.42 Å². The number of aryl methyl sites for hydroxylation is 3. The molecule has 0 spiro atoms. The molecular weight excluding hydrogens is 216 g/mol. The van der Waals surface area contributed by atoms with E-state index in [0.717, 1.165) is 28.3 Å². The Morgan fingerprint density at radius 2 is 2.06 bits per heavy atom. The predicted octanol–water partition coefficient (Wildman–Crippen LogP) is 1.49. The van der Waals surface area contributed by atoms with E-state index in [2.05, 4.69) is 10.5 Å². The Kier molecular flexibility index (Phi) is 3.04. The average Bonchev–Trinajstić information content (AvgIpc) is 2.79. The maximum atomic E-state index is 5.68. The molecule has 0 saturated carbocycles. The first-order valence-corrected chi connectivity index (χ1v) is 5.56. The lowest BCUT2D eigenvalue weighted by atomic mass is 10.00. The number of nitrogens with one attached hydrogen (secondary N) is 1. The maximum Gasteiger partial charge on any atom is 0.106 e. The third-order valence-corrected chi connectivity index (χ3v) is 3.23. The zero-order valence-electron chi connectivity index (χ0n) is 10.6. The minimum atomic E-state index is -0.0973. The summed E-state index contributed by atoms with van der Waals surface area (Å²) in [6.07, 6.45) is 1.76. The molecule has 0 bridgehead atoms. The van der Waals surface area contributed by atoms with Crippen LogP contribution in [0.15, 0.2) is 16.7 Å². The lowest BCUT2D eigenvalue weighted by Gasteiger charge is -2.16. The molecule has 17 heavy (non-hydrogen) atoms. The van der Waals surface area contributed by atoms with Gasteiger partial charge in [-0.25, -0.2) is 5.43 Å². The molecule has 0 aliphatic heterocycles. The highest BCUT2D eigenvalue weighted by Crippen LogP contribution is 2.30. The van der Waals surface area contributed by atoms with Gasteiger partial charge in [-0.2, -0.15) is 5.10 Å². The van der Waals surface area contributed by atoms with E-state index >= 15 is 0 Å². The highest BCUT2D eigenvalue weighted by atomic mass is 16.3. The van der Waals surface area contributed by atoms with E-state index in [0.29, 0.717) is 0 Å². The maximum absolute atomic E-state index is 5.68. The van der Waals surface area contributed by atoms with E-state index in [-0.39, 0.29) is 6.04 Å². The molecule has 5 heteroatoms. The molecule has 92 valence electrons. The van der Waals surface area contributed by atoms with E-state index in [1.54, 1.807) is 6.20 Å². The molecule has 2 aromatic rings. The summed E-state index contributed by atoms with van der Waals surface area (Å²) in [5, 5.41) is 4.17. The van der Waals surface area contributed by atoms with Crippen molar-refractivity contribution >= 4 is 0 Å². The average molecular weight is 234 g/mol. The van der Waals surface area contributed by atoms with Crippen molar-refractivity contribution in [3.8, 4) is 0 Å². The van der Waals surface area contributed by atoms with Crippen LogP contribution in [0.25, 0.3) is 0 Å². The summed E-state index contributed by atoms with van der Waals surface area (Å²) in [6, 6.07) is 1.85. The van der Waals surface area contributed by atoms with Gasteiger partial charge in [0.05, 0.1) is 11.7 Å². The van der Waals surface area contributed by atoms with Crippen LogP contribution in [-0.4, -0.2) is 9.78 Å². The molecule has 0 aliphatic carbocycles. The molecule has 0 amide bonds. The molecule has 1 atom stereocenters. The summed E-state index contributed by atoms with van der Waals surface area (Å²) in [6.45, 7) is 5.96. The van der Waals surface area contributed by atoms with Gasteiger partial charge in [0.15, 0.2) is 0 Å². The molecule has 0 aromatic carbocycles. The van der Waals surface area contributed by atoms with Crippen LogP contribution < -0.4 is 11.3 Å². The normalized spacial score (nSPS) is 13.0. The number of hydrazine groups is 1. The molecule has 1 unspecified atom stereocenters. The number of nitrogens with two attached hydrogens (primary N) is 1. The minimum Gasteiger partial charge on any atom is -0.466 e. The quantitative estimate of drug-likeness (QED) is 0.623. The van der Waals surface area contributed by atoms with E-state index in [4.69, 9.17) is 10.3 Å². The van der Waals surface area contributed by atoms with Crippen molar-refractivity contribution in [2.24, 2.45) is 12.9 Å². The molecule has 2 rings (SSSR count). The SMILES string of the molecule is Cc1oc(C)c(C(NN)c2ccnn2C)c1C. The Morgan fingerprint density at radius 1 is 1.35 bits per heavy atom. The number of aromatic nitrogens is 2. The van der Waals surface area contributed by atoms with Gasteiger partial charge in [0.25, 0.3) is 0 Å².